The molecule has 2 atom stereocenters. The first kappa shape index (κ1) is 14.2. The van der Waals surface area contributed by atoms with E-state index in [4.69, 9.17) is 10.5 Å². The number of amides is 1. The quantitative estimate of drug-likeness (QED) is 0.821. The molecule has 0 aliphatic heterocycles. The second kappa shape index (κ2) is 6.20. The Morgan fingerprint density at radius 2 is 2.12 bits per heavy atom. The van der Waals surface area contributed by atoms with E-state index >= 15 is 0 Å². The molecule has 17 heavy (non-hydrogen) atoms. The number of aliphatic hydroxyl groups excluding tert-OH is 1. The van der Waals surface area contributed by atoms with E-state index in [9.17, 15) is 9.90 Å². The van der Waals surface area contributed by atoms with Gasteiger partial charge in [-0.2, -0.15) is 0 Å². The van der Waals surface area contributed by atoms with Crippen LogP contribution in [0.5, 0.6) is 0 Å². The Morgan fingerprint density at radius 1 is 1.47 bits per heavy atom. The molecule has 0 fully saturated rings. The van der Waals surface area contributed by atoms with Gasteiger partial charge < -0.3 is 15.6 Å². The van der Waals surface area contributed by atoms with Crippen molar-refractivity contribution in [1.29, 1.82) is 0 Å². The van der Waals surface area contributed by atoms with Crippen LogP contribution in [0, 0.1) is 9.49 Å². The summed E-state index contributed by atoms with van der Waals surface area (Å²) in [4.78, 5) is 10.8. The monoisotopic (exact) mass is 349 g/mol. The Hall–Kier alpha value is -0.820. The first-order chi connectivity index (χ1) is 7.91. The lowest BCUT2D eigenvalue weighted by molar-refractivity contribution is -0.0196. The summed E-state index contributed by atoms with van der Waals surface area (Å²) in [7, 11) is 0. The first-order valence-electron chi connectivity index (χ1n) is 5.31. The predicted molar refractivity (Wildman–Crippen MR) is 73.4 cm³/mol. The molecule has 1 aromatic rings. The molecule has 0 saturated heterocycles. The second-order valence-electron chi connectivity index (χ2n) is 4.15. The molecule has 94 valence electrons. The van der Waals surface area contributed by atoms with E-state index in [0.717, 1.165) is 9.13 Å². The van der Waals surface area contributed by atoms with Gasteiger partial charge in [-0.05, 0) is 46.2 Å². The summed E-state index contributed by atoms with van der Waals surface area (Å²) in [5, 5.41) is 10.2. The highest BCUT2D eigenvalue weighted by molar-refractivity contribution is 14.1. The molecule has 0 unspecified atom stereocenters. The van der Waals surface area contributed by atoms with Crippen LogP contribution in [0.4, 0.5) is 4.79 Å². The number of carbonyl (C=O) groups is 1. The van der Waals surface area contributed by atoms with Gasteiger partial charge in [0.2, 0.25) is 0 Å². The molecular formula is C12H16INO3. The zero-order valence-electron chi connectivity index (χ0n) is 9.76. The van der Waals surface area contributed by atoms with E-state index in [1.54, 1.807) is 6.07 Å². The van der Waals surface area contributed by atoms with Gasteiger partial charge in [0, 0.05) is 3.57 Å². The number of primary amides is 1. The van der Waals surface area contributed by atoms with Crippen molar-refractivity contribution in [2.24, 2.45) is 11.7 Å². The number of aliphatic hydroxyl groups is 1. The topological polar surface area (TPSA) is 72.5 Å². The van der Waals surface area contributed by atoms with Crippen molar-refractivity contribution in [2.45, 2.75) is 26.1 Å². The highest BCUT2D eigenvalue weighted by Crippen LogP contribution is 2.25. The Kier molecular flexibility index (Phi) is 5.20. The van der Waals surface area contributed by atoms with Crippen LogP contribution in [0.2, 0.25) is 0 Å². The van der Waals surface area contributed by atoms with Crippen molar-refractivity contribution in [3.05, 3.63) is 33.4 Å². The van der Waals surface area contributed by atoms with Crippen LogP contribution in [0.3, 0.4) is 0 Å². The fourth-order valence-electron chi connectivity index (χ4n) is 1.58. The van der Waals surface area contributed by atoms with E-state index < -0.39 is 18.3 Å². The number of hydrogen-bond donors (Lipinski definition) is 2. The Morgan fingerprint density at radius 3 is 2.59 bits per heavy atom. The van der Waals surface area contributed by atoms with E-state index in [1.807, 2.05) is 32.0 Å². The van der Waals surface area contributed by atoms with Crippen LogP contribution in [0.25, 0.3) is 0 Å². The van der Waals surface area contributed by atoms with Crippen molar-refractivity contribution >= 4 is 28.7 Å². The van der Waals surface area contributed by atoms with E-state index in [0.29, 0.717) is 0 Å². The Labute approximate surface area is 114 Å². The molecule has 5 heteroatoms. The van der Waals surface area contributed by atoms with Crippen LogP contribution in [-0.4, -0.2) is 17.3 Å². The van der Waals surface area contributed by atoms with Gasteiger partial charge in [0.05, 0.1) is 0 Å². The zero-order chi connectivity index (χ0) is 13.0. The lowest BCUT2D eigenvalue weighted by Gasteiger charge is -2.25. The summed E-state index contributed by atoms with van der Waals surface area (Å²) in [6.45, 7) is 3.73. The average Bonchev–Trinajstić information content (AvgIpc) is 2.24. The number of halogens is 1. The summed E-state index contributed by atoms with van der Waals surface area (Å²) in [6, 6.07) is 7.43. The van der Waals surface area contributed by atoms with Gasteiger partial charge in [-0.15, -0.1) is 0 Å². The number of rotatable bonds is 4. The predicted octanol–water partition coefficient (Wildman–Crippen LogP) is 2.44. The standard InChI is InChI=1S/C12H16INO3/c1-7(2)11(17-12(14)16)10(15)8-4-3-5-9(13)6-8/h3-7,10-11,15H,1-2H3,(H2,14,16)/t10-,11-/m0/s1. The van der Waals surface area contributed by atoms with E-state index in [1.165, 1.54) is 0 Å². The van der Waals surface area contributed by atoms with Crippen LogP contribution in [-0.2, 0) is 4.74 Å². The maximum Gasteiger partial charge on any atom is 0.404 e. The summed E-state index contributed by atoms with van der Waals surface area (Å²) in [6.07, 6.45) is -2.36. The van der Waals surface area contributed by atoms with Gasteiger partial charge in [0.25, 0.3) is 0 Å². The van der Waals surface area contributed by atoms with Crippen LogP contribution < -0.4 is 5.73 Å². The minimum absolute atomic E-state index is 0.0182. The van der Waals surface area contributed by atoms with Crippen molar-refractivity contribution < 1.29 is 14.6 Å². The molecule has 3 N–H and O–H groups in total. The number of ether oxygens (including phenoxy) is 1. The summed E-state index contributed by atoms with van der Waals surface area (Å²) >= 11 is 2.16. The molecule has 0 spiro atoms. The largest absolute Gasteiger partial charge is 0.443 e. The molecule has 0 saturated carbocycles. The van der Waals surface area contributed by atoms with Gasteiger partial charge in [0.1, 0.15) is 12.2 Å². The SMILES string of the molecule is CC(C)[C@H](OC(N)=O)[C@@H](O)c1cccc(I)c1. The van der Waals surface area contributed by atoms with Crippen molar-refractivity contribution in [3.8, 4) is 0 Å². The third-order valence-electron chi connectivity index (χ3n) is 2.41. The van der Waals surface area contributed by atoms with Gasteiger partial charge in [-0.3, -0.25) is 0 Å². The number of carbonyl (C=O) groups excluding carboxylic acids is 1. The Balaban J connectivity index is 2.91. The minimum Gasteiger partial charge on any atom is -0.443 e. The van der Waals surface area contributed by atoms with Gasteiger partial charge >= 0.3 is 6.09 Å². The second-order valence-corrected chi connectivity index (χ2v) is 5.39. The van der Waals surface area contributed by atoms with E-state index in [2.05, 4.69) is 22.6 Å². The number of nitrogens with two attached hydrogens (primary N) is 1. The lowest BCUT2D eigenvalue weighted by Crippen LogP contribution is -2.32. The summed E-state index contributed by atoms with van der Waals surface area (Å²) < 4.78 is 5.97. The number of hydrogen-bond acceptors (Lipinski definition) is 3. The number of benzene rings is 1. The van der Waals surface area contributed by atoms with Crippen LogP contribution >= 0.6 is 22.6 Å². The van der Waals surface area contributed by atoms with Crippen molar-refractivity contribution in [1.82, 2.24) is 0 Å². The zero-order valence-corrected chi connectivity index (χ0v) is 11.9. The minimum atomic E-state index is -0.867. The van der Waals surface area contributed by atoms with Gasteiger partial charge in [0.15, 0.2) is 0 Å². The average molecular weight is 349 g/mol. The van der Waals surface area contributed by atoms with Crippen molar-refractivity contribution in [2.75, 3.05) is 0 Å². The normalized spacial score (nSPS) is 14.4. The lowest BCUT2D eigenvalue weighted by atomic mass is 9.96. The maximum atomic E-state index is 10.8. The smallest absolute Gasteiger partial charge is 0.404 e. The summed E-state index contributed by atoms with van der Waals surface area (Å²) in [5.74, 6) is -0.0182. The molecular weight excluding hydrogens is 333 g/mol. The molecule has 1 amide bonds. The third-order valence-corrected chi connectivity index (χ3v) is 3.08. The molecule has 1 aromatic carbocycles. The molecule has 4 nitrogen and oxygen atoms in total. The highest BCUT2D eigenvalue weighted by atomic mass is 127. The molecule has 0 bridgehead atoms. The van der Waals surface area contributed by atoms with Crippen molar-refractivity contribution in [3.63, 3.8) is 0 Å². The molecule has 0 aromatic heterocycles. The molecule has 0 heterocycles. The van der Waals surface area contributed by atoms with Crippen LogP contribution in [0.15, 0.2) is 24.3 Å². The van der Waals surface area contributed by atoms with E-state index in [-0.39, 0.29) is 5.92 Å². The maximum absolute atomic E-state index is 10.8. The fraction of sp³-hybridized carbons (Fsp3) is 0.417. The fourth-order valence-corrected chi connectivity index (χ4v) is 2.15. The van der Waals surface area contributed by atoms with Crippen LogP contribution in [0.1, 0.15) is 25.5 Å². The molecule has 1 rings (SSSR count). The van der Waals surface area contributed by atoms with Gasteiger partial charge in [-0.25, -0.2) is 4.79 Å². The Bertz CT molecular complexity index is 395. The molecule has 0 aliphatic carbocycles. The highest BCUT2D eigenvalue weighted by Gasteiger charge is 2.27. The molecule has 0 radical (unpaired) electrons. The first-order valence-corrected chi connectivity index (χ1v) is 6.39. The third kappa shape index (κ3) is 4.16. The van der Waals surface area contributed by atoms with Gasteiger partial charge in [-0.1, -0.05) is 26.0 Å². The summed E-state index contributed by atoms with van der Waals surface area (Å²) in [5.41, 5.74) is 5.72. The molecule has 0 aliphatic rings.